The standard InChI is InChI=1S/C23H39N6O16P3/c1-22(2,3)13(30)6-7-25-20(33)17(32)23(4,5)9-42-48(39,40)45-47(37,38)41-8-12-16(44-46(34,35)36)15(31)21(43-12)29-11-28-14-18(24)26-10-27-19(14)29/h10-12,15-17,21,31-32H,6-9H2,1-5H3,(H,25,33)(H,37,38)(H,39,40)(H2,24,26,27)(H2,34,35,36). The molecule has 0 saturated carbocycles. The van der Waals surface area contributed by atoms with Crippen molar-refractivity contribution < 1.29 is 75.7 Å². The van der Waals surface area contributed by atoms with Crippen LogP contribution in [0.4, 0.5) is 5.82 Å². The van der Waals surface area contributed by atoms with Crippen LogP contribution in [-0.4, -0.2) is 105 Å². The molecule has 22 nitrogen and oxygen atoms in total. The fourth-order valence-electron chi connectivity index (χ4n) is 4.23. The van der Waals surface area contributed by atoms with Crippen LogP contribution in [0.1, 0.15) is 47.3 Å². The number of fused-ring (bicyclic) bond motifs is 1. The lowest BCUT2D eigenvalue weighted by Gasteiger charge is -2.30. The quantitative estimate of drug-likeness (QED) is 0.104. The molecule has 0 aliphatic carbocycles. The van der Waals surface area contributed by atoms with E-state index in [9.17, 15) is 53.1 Å². The number of aliphatic hydroxyl groups excluding tert-OH is 2. The Bertz CT molecular complexity index is 1630. The number of aromatic nitrogens is 4. The lowest BCUT2D eigenvalue weighted by Crippen LogP contribution is -2.46. The van der Waals surface area contributed by atoms with Crippen molar-refractivity contribution in [2.24, 2.45) is 10.8 Å². The predicted molar refractivity (Wildman–Crippen MR) is 161 cm³/mol. The van der Waals surface area contributed by atoms with E-state index in [4.69, 9.17) is 19.5 Å². The number of aliphatic hydroxyl groups is 2. The second kappa shape index (κ2) is 14.9. The van der Waals surface area contributed by atoms with Crippen molar-refractivity contribution in [3.8, 4) is 0 Å². The summed E-state index contributed by atoms with van der Waals surface area (Å²) in [6.45, 7) is 5.62. The Morgan fingerprint density at radius 3 is 2.29 bits per heavy atom. The molecule has 0 bridgehead atoms. The smallest absolute Gasteiger partial charge is 0.386 e. The van der Waals surface area contributed by atoms with E-state index in [2.05, 4.69) is 29.1 Å². The van der Waals surface area contributed by atoms with Crippen molar-refractivity contribution in [3.05, 3.63) is 12.7 Å². The lowest BCUT2D eigenvalue weighted by molar-refractivity contribution is -0.137. The van der Waals surface area contributed by atoms with E-state index in [1.807, 2.05) is 0 Å². The zero-order chi connectivity index (χ0) is 36.5. The number of hydrogen-bond acceptors (Lipinski definition) is 16. The number of Topliss-reactive ketones (excluding diaryl/α,β-unsaturated/α-hetero) is 1. The second-order valence-corrected chi connectivity index (χ2v) is 16.6. The van der Waals surface area contributed by atoms with Crippen LogP contribution in [0, 0.1) is 10.8 Å². The first-order valence-electron chi connectivity index (χ1n) is 14.0. The molecule has 2 aromatic rings. The SMILES string of the molecule is CC(C)(C)C(=O)CCNC(=O)C(O)C(C)(C)COP(=O)(O)OP(=O)(O)OCC1OC(n2cnc3c(N)ncnc32)C(O)C1OP(=O)(O)O. The third kappa shape index (κ3) is 10.6. The third-order valence-electron chi connectivity index (χ3n) is 6.91. The fraction of sp³-hybridized carbons (Fsp3) is 0.696. The molecule has 0 radical (unpaired) electrons. The highest BCUT2D eigenvalue weighted by Crippen LogP contribution is 2.61. The number of ketones is 1. The van der Waals surface area contributed by atoms with Crippen LogP contribution in [0.15, 0.2) is 12.7 Å². The summed E-state index contributed by atoms with van der Waals surface area (Å²) in [5.41, 5.74) is 3.68. The molecule has 272 valence electrons. The minimum atomic E-state index is -5.53. The minimum Gasteiger partial charge on any atom is -0.386 e. The molecule has 0 aromatic carbocycles. The average Bonchev–Trinajstić information content (AvgIpc) is 3.50. The fourth-order valence-corrected chi connectivity index (χ4v) is 7.06. The summed E-state index contributed by atoms with van der Waals surface area (Å²) >= 11 is 0. The number of phosphoric acid groups is 3. The van der Waals surface area contributed by atoms with E-state index in [1.165, 1.54) is 13.8 Å². The Labute approximate surface area is 273 Å². The van der Waals surface area contributed by atoms with E-state index in [1.54, 1.807) is 20.8 Å². The van der Waals surface area contributed by atoms with E-state index in [0.29, 0.717) is 0 Å². The van der Waals surface area contributed by atoms with Gasteiger partial charge in [0.15, 0.2) is 17.7 Å². The third-order valence-corrected chi connectivity index (χ3v) is 10.0. The van der Waals surface area contributed by atoms with Crippen LogP contribution in [0.2, 0.25) is 0 Å². The Morgan fingerprint density at radius 1 is 1.06 bits per heavy atom. The van der Waals surface area contributed by atoms with Gasteiger partial charge in [0.05, 0.1) is 19.5 Å². The van der Waals surface area contributed by atoms with Crippen molar-refractivity contribution >= 4 is 52.1 Å². The van der Waals surface area contributed by atoms with Gasteiger partial charge in [0, 0.05) is 23.8 Å². The van der Waals surface area contributed by atoms with Crippen LogP contribution in [0.25, 0.3) is 11.2 Å². The summed E-state index contributed by atoms with van der Waals surface area (Å²) in [6.07, 6.45) is -6.61. The Balaban J connectivity index is 1.62. The summed E-state index contributed by atoms with van der Waals surface area (Å²) in [7, 11) is -16.3. The molecule has 1 aliphatic heterocycles. The Hall–Kier alpha value is -2.26. The zero-order valence-corrected chi connectivity index (χ0v) is 29.0. The van der Waals surface area contributed by atoms with Crippen molar-refractivity contribution in [3.63, 3.8) is 0 Å². The molecular formula is C23H39N6O16P3. The highest BCUT2D eigenvalue weighted by Gasteiger charge is 2.50. The number of imidazole rings is 1. The summed E-state index contributed by atoms with van der Waals surface area (Å²) in [4.78, 5) is 75.1. The van der Waals surface area contributed by atoms with Crippen LogP contribution >= 0.6 is 23.5 Å². The summed E-state index contributed by atoms with van der Waals surface area (Å²) in [5, 5.41) is 23.7. The maximum Gasteiger partial charge on any atom is 0.481 e. The first-order chi connectivity index (χ1) is 21.8. The molecule has 7 unspecified atom stereocenters. The van der Waals surface area contributed by atoms with Gasteiger partial charge in [-0.2, -0.15) is 4.31 Å². The molecule has 48 heavy (non-hydrogen) atoms. The highest BCUT2D eigenvalue weighted by molar-refractivity contribution is 7.61. The van der Waals surface area contributed by atoms with Crippen molar-refractivity contribution in [2.75, 3.05) is 25.5 Å². The minimum absolute atomic E-state index is 0.00737. The molecule has 3 heterocycles. The van der Waals surface area contributed by atoms with Crippen molar-refractivity contribution in [1.29, 1.82) is 0 Å². The zero-order valence-electron chi connectivity index (χ0n) is 26.3. The lowest BCUT2D eigenvalue weighted by atomic mass is 9.87. The van der Waals surface area contributed by atoms with Gasteiger partial charge in [-0.15, -0.1) is 0 Å². The maximum atomic E-state index is 12.6. The summed E-state index contributed by atoms with van der Waals surface area (Å²) in [5.74, 6) is -1.09. The van der Waals surface area contributed by atoms with Crippen LogP contribution in [0.5, 0.6) is 0 Å². The number of amides is 1. The van der Waals surface area contributed by atoms with Gasteiger partial charge in [-0.1, -0.05) is 34.6 Å². The van der Waals surface area contributed by atoms with Gasteiger partial charge in [-0.25, -0.2) is 28.6 Å². The van der Waals surface area contributed by atoms with Crippen LogP contribution in [-0.2, 0) is 45.9 Å². The number of anilines is 1. The molecule has 1 fully saturated rings. The number of nitrogens with two attached hydrogens (primary N) is 1. The average molecular weight is 749 g/mol. The van der Waals surface area contributed by atoms with Crippen molar-refractivity contribution in [2.45, 2.75) is 71.7 Å². The first-order valence-corrected chi connectivity index (χ1v) is 18.5. The number of nitrogen functional groups attached to an aromatic ring is 1. The summed E-state index contributed by atoms with van der Waals surface area (Å²) in [6, 6.07) is 0. The van der Waals surface area contributed by atoms with Crippen molar-refractivity contribution in [1.82, 2.24) is 24.8 Å². The number of hydrogen-bond donors (Lipinski definition) is 8. The molecular weight excluding hydrogens is 709 g/mol. The molecule has 9 N–H and O–H groups in total. The van der Waals surface area contributed by atoms with Gasteiger partial charge < -0.3 is 45.6 Å². The van der Waals surface area contributed by atoms with Gasteiger partial charge in [0.2, 0.25) is 5.91 Å². The molecule has 25 heteroatoms. The molecule has 7 atom stereocenters. The molecule has 1 amide bonds. The molecule has 1 aliphatic rings. The van der Waals surface area contributed by atoms with Gasteiger partial charge in [0.25, 0.3) is 0 Å². The van der Waals surface area contributed by atoms with Crippen LogP contribution < -0.4 is 11.1 Å². The number of ether oxygens (including phenoxy) is 1. The van der Waals surface area contributed by atoms with Crippen LogP contribution in [0.3, 0.4) is 0 Å². The number of carbonyl (C=O) groups excluding carboxylic acids is 2. The molecule has 1 saturated heterocycles. The van der Waals surface area contributed by atoms with E-state index < -0.39 is 84.1 Å². The van der Waals surface area contributed by atoms with E-state index in [-0.39, 0.29) is 35.7 Å². The number of carbonyl (C=O) groups is 2. The maximum absolute atomic E-state index is 12.6. The summed E-state index contributed by atoms with van der Waals surface area (Å²) < 4.78 is 61.8. The highest BCUT2D eigenvalue weighted by atomic mass is 31.3. The number of rotatable bonds is 16. The van der Waals surface area contributed by atoms with Gasteiger partial charge >= 0.3 is 23.5 Å². The largest absolute Gasteiger partial charge is 0.481 e. The Kier molecular flexibility index (Phi) is 12.5. The topological polar surface area (TPSA) is 335 Å². The number of nitrogens with one attached hydrogen (secondary N) is 1. The predicted octanol–water partition coefficient (Wildman–Crippen LogP) is -0.0961. The number of nitrogens with zero attached hydrogens (tertiary/aromatic N) is 4. The first kappa shape index (κ1) is 40.2. The second-order valence-electron chi connectivity index (χ2n) is 12.4. The van der Waals surface area contributed by atoms with Gasteiger partial charge in [-0.05, 0) is 0 Å². The number of phosphoric ester groups is 3. The molecule has 0 spiro atoms. The van der Waals surface area contributed by atoms with E-state index in [0.717, 1.165) is 17.2 Å². The monoisotopic (exact) mass is 748 g/mol. The van der Waals surface area contributed by atoms with E-state index >= 15 is 0 Å². The molecule has 3 rings (SSSR count). The van der Waals surface area contributed by atoms with Gasteiger partial charge in [0.1, 0.15) is 42.0 Å². The normalized spacial score (nSPS) is 23.8. The Morgan fingerprint density at radius 2 is 1.69 bits per heavy atom. The van der Waals surface area contributed by atoms with Gasteiger partial charge in [-0.3, -0.25) is 27.7 Å². The molecule has 2 aromatic heterocycles.